The van der Waals surface area contributed by atoms with E-state index >= 15 is 0 Å². The molecule has 200 valence electrons. The zero-order valence-corrected chi connectivity index (χ0v) is 24.8. The topological polar surface area (TPSA) is 62.6 Å². The molecular formula is C28H35BrClN3O3S. The number of rotatable bonds is 13. The molecule has 0 atom stereocenters. The van der Waals surface area contributed by atoms with Gasteiger partial charge in [0.25, 0.3) is 0 Å². The van der Waals surface area contributed by atoms with Crippen LogP contribution < -0.4 is 0 Å². The van der Waals surface area contributed by atoms with Crippen molar-refractivity contribution in [3.05, 3.63) is 87.6 Å². The maximum atomic E-state index is 13.6. The van der Waals surface area contributed by atoms with E-state index in [0.717, 1.165) is 22.2 Å². The van der Waals surface area contributed by atoms with Gasteiger partial charge in [-0.15, -0.1) is 0 Å². The third-order valence-electron chi connectivity index (χ3n) is 6.04. The number of amides is 1. The van der Waals surface area contributed by atoms with Crippen molar-refractivity contribution in [1.82, 2.24) is 13.8 Å². The number of aromatic nitrogens is 1. The molecule has 0 unspecified atom stereocenters. The number of hydrogen-bond acceptors (Lipinski definition) is 3. The smallest absolute Gasteiger partial charge is 0.243 e. The first-order valence-electron chi connectivity index (χ1n) is 12.5. The van der Waals surface area contributed by atoms with Crippen LogP contribution in [0.15, 0.2) is 76.2 Å². The molecule has 0 aliphatic heterocycles. The summed E-state index contributed by atoms with van der Waals surface area (Å²) in [5.74, 6) is 0.0130. The van der Waals surface area contributed by atoms with Gasteiger partial charge in [-0.1, -0.05) is 72.9 Å². The molecule has 0 N–H and O–H groups in total. The van der Waals surface area contributed by atoms with Gasteiger partial charge in [-0.3, -0.25) is 4.79 Å². The number of unbranched alkanes of at least 4 members (excludes halogenated alkanes) is 1. The molecule has 1 amide bonds. The third-order valence-corrected chi connectivity index (χ3v) is 8.79. The normalized spacial score (nSPS) is 11.9. The molecule has 0 saturated heterocycles. The van der Waals surface area contributed by atoms with Gasteiger partial charge in [0.2, 0.25) is 15.9 Å². The number of halogens is 2. The van der Waals surface area contributed by atoms with Crippen LogP contribution in [0.4, 0.5) is 0 Å². The molecule has 0 radical (unpaired) electrons. The molecule has 0 aliphatic carbocycles. The van der Waals surface area contributed by atoms with Gasteiger partial charge in [0.05, 0.1) is 18.0 Å². The number of carbonyl (C=O) groups is 1. The van der Waals surface area contributed by atoms with Crippen molar-refractivity contribution in [2.45, 2.75) is 51.6 Å². The summed E-state index contributed by atoms with van der Waals surface area (Å²) in [6.07, 6.45) is 3.47. The lowest BCUT2D eigenvalue weighted by molar-refractivity contribution is -0.132. The van der Waals surface area contributed by atoms with Crippen molar-refractivity contribution in [1.29, 1.82) is 0 Å². The van der Waals surface area contributed by atoms with E-state index in [1.54, 1.807) is 29.2 Å². The summed E-state index contributed by atoms with van der Waals surface area (Å²) in [4.78, 5) is 15.6. The maximum Gasteiger partial charge on any atom is 0.243 e. The van der Waals surface area contributed by atoms with Gasteiger partial charge in [-0.25, -0.2) is 8.42 Å². The summed E-state index contributed by atoms with van der Waals surface area (Å²) in [6.45, 7) is 7.70. The molecule has 1 heterocycles. The number of hydrogen-bond donors (Lipinski definition) is 0. The predicted molar refractivity (Wildman–Crippen MR) is 153 cm³/mol. The molecule has 0 saturated carbocycles. The predicted octanol–water partition coefficient (Wildman–Crippen LogP) is 6.43. The van der Waals surface area contributed by atoms with Gasteiger partial charge >= 0.3 is 0 Å². The van der Waals surface area contributed by atoms with Crippen molar-refractivity contribution in [3.8, 4) is 0 Å². The highest BCUT2D eigenvalue weighted by Gasteiger charge is 2.28. The van der Waals surface area contributed by atoms with Gasteiger partial charge in [0.15, 0.2) is 0 Å². The van der Waals surface area contributed by atoms with Crippen LogP contribution in [0.25, 0.3) is 0 Å². The Balaban J connectivity index is 1.83. The Kier molecular flexibility index (Phi) is 10.8. The minimum atomic E-state index is -3.82. The van der Waals surface area contributed by atoms with Gasteiger partial charge in [0.1, 0.15) is 0 Å². The fourth-order valence-electron chi connectivity index (χ4n) is 4.07. The number of benzene rings is 2. The zero-order valence-electron chi connectivity index (χ0n) is 21.6. The van der Waals surface area contributed by atoms with E-state index in [2.05, 4.69) is 34.3 Å². The Morgan fingerprint density at radius 1 is 1.05 bits per heavy atom. The fraction of sp³-hybridized carbons (Fsp3) is 0.393. The zero-order chi connectivity index (χ0) is 27.0. The molecule has 0 spiro atoms. The minimum Gasteiger partial charge on any atom is -0.345 e. The van der Waals surface area contributed by atoms with E-state index in [4.69, 9.17) is 11.6 Å². The summed E-state index contributed by atoms with van der Waals surface area (Å²) in [6, 6.07) is 18.2. The Bertz CT molecular complexity index is 1280. The van der Waals surface area contributed by atoms with Crippen LogP contribution in [-0.2, 0) is 27.9 Å². The molecule has 3 rings (SSSR count). The Labute approximate surface area is 234 Å². The van der Waals surface area contributed by atoms with Crippen molar-refractivity contribution < 1.29 is 13.2 Å². The van der Waals surface area contributed by atoms with E-state index < -0.39 is 10.0 Å². The standard InChI is InChI=1S/C28H35BrClN3O3S/c1-4-5-17-33(37(35,36)26-14-12-24(29)13-15-26)21-28(34)32(18-22(2)3)20-25-10-8-16-31(25)19-23-9-6-7-11-27(23)30/h6-16,22H,4-5,17-21H2,1-3H3. The van der Waals surface area contributed by atoms with Gasteiger partial charge in [-0.05, 0) is 60.4 Å². The molecule has 6 nitrogen and oxygen atoms in total. The summed E-state index contributed by atoms with van der Waals surface area (Å²) in [5, 5.41) is 0.696. The van der Waals surface area contributed by atoms with E-state index in [1.807, 2.05) is 49.5 Å². The second-order valence-corrected chi connectivity index (χ2v) is 12.8. The molecule has 0 fully saturated rings. The van der Waals surface area contributed by atoms with E-state index in [-0.39, 0.29) is 23.3 Å². The molecule has 0 aliphatic rings. The first kappa shape index (κ1) is 29.4. The maximum absolute atomic E-state index is 13.6. The lowest BCUT2D eigenvalue weighted by atomic mass is 10.2. The van der Waals surface area contributed by atoms with Crippen LogP contribution in [0.5, 0.6) is 0 Å². The molecule has 3 aromatic rings. The van der Waals surface area contributed by atoms with E-state index in [0.29, 0.717) is 37.6 Å². The van der Waals surface area contributed by atoms with E-state index in [1.165, 1.54) is 4.31 Å². The Morgan fingerprint density at radius 3 is 2.41 bits per heavy atom. The minimum absolute atomic E-state index is 0.184. The van der Waals surface area contributed by atoms with Crippen LogP contribution >= 0.6 is 27.5 Å². The summed E-state index contributed by atoms with van der Waals surface area (Å²) in [5.41, 5.74) is 1.96. The lowest BCUT2D eigenvalue weighted by Gasteiger charge is -2.29. The van der Waals surface area contributed by atoms with Gasteiger partial charge in [-0.2, -0.15) is 4.31 Å². The highest BCUT2D eigenvalue weighted by atomic mass is 79.9. The first-order chi connectivity index (χ1) is 17.6. The van der Waals surface area contributed by atoms with E-state index in [9.17, 15) is 13.2 Å². The number of carbonyl (C=O) groups excluding carboxylic acids is 1. The average Bonchev–Trinajstić information content (AvgIpc) is 3.29. The molecule has 0 bridgehead atoms. The van der Waals surface area contributed by atoms with Crippen LogP contribution in [0, 0.1) is 5.92 Å². The van der Waals surface area contributed by atoms with Crippen LogP contribution in [0.1, 0.15) is 44.9 Å². The summed E-state index contributed by atoms with van der Waals surface area (Å²) >= 11 is 9.73. The van der Waals surface area contributed by atoms with Crippen molar-refractivity contribution in [2.75, 3.05) is 19.6 Å². The number of sulfonamides is 1. The van der Waals surface area contributed by atoms with Crippen LogP contribution in [0.3, 0.4) is 0 Å². The fourth-order valence-corrected chi connectivity index (χ4v) is 5.96. The number of nitrogens with zero attached hydrogens (tertiary/aromatic N) is 3. The Hall–Kier alpha value is -2.13. The molecule has 9 heteroatoms. The quantitative estimate of drug-likeness (QED) is 0.225. The Morgan fingerprint density at radius 2 is 1.76 bits per heavy atom. The lowest BCUT2D eigenvalue weighted by Crippen LogP contribution is -2.44. The molecule has 1 aromatic heterocycles. The molecular weight excluding hydrogens is 574 g/mol. The summed E-state index contributed by atoms with van der Waals surface area (Å²) < 4.78 is 31.1. The first-order valence-corrected chi connectivity index (χ1v) is 15.1. The second-order valence-electron chi connectivity index (χ2n) is 9.53. The van der Waals surface area contributed by atoms with Crippen molar-refractivity contribution in [3.63, 3.8) is 0 Å². The van der Waals surface area contributed by atoms with Crippen LogP contribution in [-0.4, -0.2) is 47.7 Å². The van der Waals surface area contributed by atoms with Crippen molar-refractivity contribution in [2.24, 2.45) is 5.92 Å². The second kappa shape index (κ2) is 13.6. The molecule has 37 heavy (non-hydrogen) atoms. The monoisotopic (exact) mass is 607 g/mol. The highest BCUT2D eigenvalue weighted by Crippen LogP contribution is 2.21. The largest absolute Gasteiger partial charge is 0.345 e. The van der Waals surface area contributed by atoms with Gasteiger partial charge < -0.3 is 9.47 Å². The SMILES string of the molecule is CCCCN(CC(=O)N(Cc1cccn1Cc1ccccc1Cl)CC(C)C)S(=O)(=O)c1ccc(Br)cc1. The van der Waals surface area contributed by atoms with Crippen molar-refractivity contribution >= 4 is 43.5 Å². The third kappa shape index (κ3) is 8.18. The molecule has 2 aromatic carbocycles. The van der Waals surface area contributed by atoms with Crippen LogP contribution in [0.2, 0.25) is 5.02 Å². The van der Waals surface area contributed by atoms with Gasteiger partial charge in [0, 0.05) is 41.0 Å². The summed E-state index contributed by atoms with van der Waals surface area (Å²) in [7, 11) is -3.82. The highest BCUT2D eigenvalue weighted by molar-refractivity contribution is 9.10. The average molecular weight is 609 g/mol.